The number of amides is 1. The van der Waals surface area contributed by atoms with Gasteiger partial charge in [0.1, 0.15) is 7.85 Å². The Morgan fingerprint density at radius 2 is 1.89 bits per heavy atom. The van der Waals surface area contributed by atoms with Crippen molar-refractivity contribution in [1.82, 2.24) is 0 Å². The summed E-state index contributed by atoms with van der Waals surface area (Å²) in [6, 6.07) is 2.67. The fourth-order valence-electron chi connectivity index (χ4n) is 0.999. The molecule has 0 fully saturated rings. The van der Waals surface area contributed by atoms with Crippen molar-refractivity contribution < 1.29 is 26.4 Å². The summed E-state index contributed by atoms with van der Waals surface area (Å²) in [5.41, 5.74) is -0.712. The van der Waals surface area contributed by atoms with Crippen LogP contribution in [0.4, 0.5) is 18.9 Å². The Balaban J connectivity index is 3.05. The first-order chi connectivity index (χ1) is 8.01. The number of carbonyl (C=O) groups excluding carboxylic acids is 1. The van der Waals surface area contributed by atoms with Gasteiger partial charge in [-0.2, -0.15) is 13.2 Å². The molecule has 0 aliphatic carbocycles. The minimum atomic E-state index is -5.07. The van der Waals surface area contributed by atoms with E-state index in [9.17, 15) is 26.4 Å². The van der Waals surface area contributed by atoms with Gasteiger partial charge in [-0.1, -0.05) is 5.46 Å². The standard InChI is InChI=1S/C8H4BClF3NO3S/c9-5-3-4(18(10,16)17)1-2-6(5)14-7(15)8(11,12)13/h1-3H,(H,14,15). The van der Waals surface area contributed by atoms with Crippen LogP contribution in [0.2, 0.25) is 0 Å². The maximum Gasteiger partial charge on any atom is 0.471 e. The molecule has 0 saturated carbocycles. The molecule has 0 aliphatic rings. The van der Waals surface area contributed by atoms with Crippen molar-refractivity contribution in [3.05, 3.63) is 18.2 Å². The van der Waals surface area contributed by atoms with E-state index in [1.807, 2.05) is 0 Å². The first kappa shape index (κ1) is 14.8. The molecule has 1 N–H and O–H groups in total. The average Bonchev–Trinajstić information content (AvgIpc) is 2.17. The number of anilines is 1. The van der Waals surface area contributed by atoms with Crippen LogP contribution >= 0.6 is 10.7 Å². The van der Waals surface area contributed by atoms with Crippen LogP contribution < -0.4 is 10.8 Å². The third kappa shape index (κ3) is 3.64. The molecule has 0 unspecified atom stereocenters. The van der Waals surface area contributed by atoms with Gasteiger partial charge in [0.25, 0.3) is 9.05 Å². The van der Waals surface area contributed by atoms with Gasteiger partial charge in [0.2, 0.25) is 0 Å². The van der Waals surface area contributed by atoms with Crippen LogP contribution in [0.15, 0.2) is 23.1 Å². The molecule has 1 aromatic carbocycles. The summed E-state index contributed by atoms with van der Waals surface area (Å²) in [5.74, 6) is -2.21. The molecule has 1 amide bonds. The van der Waals surface area contributed by atoms with Gasteiger partial charge in [-0.15, -0.1) is 0 Å². The van der Waals surface area contributed by atoms with Crippen LogP contribution in [0.1, 0.15) is 0 Å². The second kappa shape index (κ2) is 4.81. The summed E-state index contributed by atoms with van der Waals surface area (Å²) in [5, 5.41) is 1.50. The van der Waals surface area contributed by atoms with Crippen LogP contribution in [0, 0.1) is 0 Å². The minimum absolute atomic E-state index is 0.352. The van der Waals surface area contributed by atoms with Crippen molar-refractivity contribution in [2.45, 2.75) is 11.1 Å². The minimum Gasteiger partial charge on any atom is -0.319 e. The van der Waals surface area contributed by atoms with Crippen molar-refractivity contribution in [2.75, 3.05) is 5.32 Å². The number of rotatable bonds is 2. The van der Waals surface area contributed by atoms with Crippen molar-refractivity contribution in [3.63, 3.8) is 0 Å². The van der Waals surface area contributed by atoms with Gasteiger partial charge in [-0.25, -0.2) is 8.42 Å². The molecule has 0 atom stereocenters. The number of benzene rings is 1. The van der Waals surface area contributed by atoms with Gasteiger partial charge in [0.05, 0.1) is 4.90 Å². The molecule has 96 valence electrons. The van der Waals surface area contributed by atoms with E-state index in [1.54, 1.807) is 0 Å². The topological polar surface area (TPSA) is 63.2 Å². The molecule has 4 nitrogen and oxygen atoms in total. The molecule has 18 heavy (non-hydrogen) atoms. The number of carbonyl (C=O) groups is 1. The summed E-state index contributed by atoms with van der Waals surface area (Å²) in [6.45, 7) is 0. The van der Waals surface area contributed by atoms with Crippen LogP contribution in [0.3, 0.4) is 0 Å². The van der Waals surface area contributed by atoms with Gasteiger partial charge >= 0.3 is 12.1 Å². The Morgan fingerprint density at radius 1 is 1.33 bits per heavy atom. The van der Waals surface area contributed by atoms with Crippen LogP contribution in [0.25, 0.3) is 0 Å². The Hall–Kier alpha value is -1.22. The van der Waals surface area contributed by atoms with Gasteiger partial charge in [0, 0.05) is 16.4 Å². The first-order valence-corrected chi connectivity index (χ1v) is 6.55. The third-order valence-corrected chi connectivity index (χ3v) is 3.16. The maximum absolute atomic E-state index is 12.0. The van der Waals surface area contributed by atoms with E-state index in [0.29, 0.717) is 0 Å². The molecular formula is C8H4BClF3NO3S. The molecule has 0 bridgehead atoms. The number of nitrogens with one attached hydrogen (secondary N) is 1. The molecule has 0 aliphatic heterocycles. The summed E-state index contributed by atoms with van der Waals surface area (Å²) in [6.07, 6.45) is -5.07. The molecular weight excluding hydrogens is 293 g/mol. The highest BCUT2D eigenvalue weighted by Crippen LogP contribution is 2.19. The zero-order chi connectivity index (χ0) is 14.1. The second-order valence-corrected chi connectivity index (χ2v) is 5.70. The van der Waals surface area contributed by atoms with E-state index < -0.39 is 21.1 Å². The first-order valence-electron chi connectivity index (χ1n) is 4.24. The molecule has 0 spiro atoms. The average molecular weight is 297 g/mol. The van der Waals surface area contributed by atoms with Crippen molar-refractivity contribution in [1.29, 1.82) is 0 Å². The number of hydrogen-bond donors (Lipinski definition) is 1. The Labute approximate surface area is 106 Å². The smallest absolute Gasteiger partial charge is 0.319 e. The molecule has 1 rings (SSSR count). The molecule has 0 heterocycles. The van der Waals surface area contributed by atoms with E-state index in [0.717, 1.165) is 18.2 Å². The zero-order valence-corrected chi connectivity index (χ0v) is 10.0. The highest BCUT2D eigenvalue weighted by molar-refractivity contribution is 8.13. The predicted molar refractivity (Wildman–Crippen MR) is 59.6 cm³/mol. The highest BCUT2D eigenvalue weighted by atomic mass is 35.7. The van der Waals surface area contributed by atoms with E-state index in [2.05, 4.69) is 0 Å². The fraction of sp³-hybridized carbons (Fsp3) is 0.125. The van der Waals surface area contributed by atoms with Gasteiger partial charge in [-0.05, 0) is 18.2 Å². The Bertz CT molecular complexity index is 588. The quantitative estimate of drug-likeness (QED) is 0.652. The fourth-order valence-corrected chi connectivity index (χ4v) is 1.79. The zero-order valence-electron chi connectivity index (χ0n) is 8.45. The summed E-state index contributed by atoms with van der Waals surface area (Å²) in [4.78, 5) is 10.2. The Kier molecular flexibility index (Phi) is 3.97. The number of alkyl halides is 3. The molecule has 1 aromatic rings. The number of hydrogen-bond acceptors (Lipinski definition) is 3. The van der Waals surface area contributed by atoms with Crippen LogP contribution in [-0.2, 0) is 13.8 Å². The normalized spacial score (nSPS) is 12.2. The largest absolute Gasteiger partial charge is 0.471 e. The van der Waals surface area contributed by atoms with E-state index in [4.69, 9.17) is 18.5 Å². The highest BCUT2D eigenvalue weighted by Gasteiger charge is 2.38. The van der Waals surface area contributed by atoms with Crippen LogP contribution in [0.5, 0.6) is 0 Å². The van der Waals surface area contributed by atoms with E-state index >= 15 is 0 Å². The molecule has 0 aromatic heterocycles. The van der Waals surface area contributed by atoms with E-state index in [-0.39, 0.29) is 16.0 Å². The van der Waals surface area contributed by atoms with Crippen molar-refractivity contribution in [3.8, 4) is 0 Å². The van der Waals surface area contributed by atoms with Crippen molar-refractivity contribution in [2.24, 2.45) is 0 Å². The summed E-state index contributed by atoms with van der Waals surface area (Å²) < 4.78 is 57.7. The summed E-state index contributed by atoms with van der Waals surface area (Å²) >= 11 is 0. The van der Waals surface area contributed by atoms with Crippen molar-refractivity contribution >= 4 is 44.6 Å². The molecule has 0 saturated heterocycles. The lowest BCUT2D eigenvalue weighted by molar-refractivity contribution is -0.167. The summed E-state index contributed by atoms with van der Waals surface area (Å²) in [7, 11) is 6.27. The predicted octanol–water partition coefficient (Wildman–Crippen LogP) is 0.909. The van der Waals surface area contributed by atoms with Gasteiger partial charge < -0.3 is 5.32 Å². The van der Waals surface area contributed by atoms with Crippen LogP contribution in [-0.4, -0.2) is 28.3 Å². The van der Waals surface area contributed by atoms with Gasteiger partial charge in [0.15, 0.2) is 0 Å². The molecule has 2 radical (unpaired) electrons. The second-order valence-electron chi connectivity index (χ2n) is 3.14. The molecule has 10 heteroatoms. The Morgan fingerprint density at radius 3 is 2.28 bits per heavy atom. The van der Waals surface area contributed by atoms with E-state index in [1.165, 1.54) is 5.32 Å². The monoisotopic (exact) mass is 297 g/mol. The lowest BCUT2D eigenvalue weighted by atomic mass is 9.94. The lowest BCUT2D eigenvalue weighted by Crippen LogP contribution is -2.32. The SMILES string of the molecule is [B]c1cc(S(=O)(=O)Cl)ccc1NC(=O)C(F)(F)F. The number of halogens is 4. The third-order valence-electron chi connectivity index (χ3n) is 1.81. The van der Waals surface area contributed by atoms with Gasteiger partial charge in [-0.3, -0.25) is 4.79 Å². The maximum atomic E-state index is 12.0. The lowest BCUT2D eigenvalue weighted by Gasteiger charge is -2.11.